The van der Waals surface area contributed by atoms with Crippen LogP contribution in [0, 0.1) is 5.92 Å². The van der Waals surface area contributed by atoms with E-state index < -0.39 is 0 Å². The lowest BCUT2D eigenvalue weighted by atomic mass is 9.84. The lowest BCUT2D eigenvalue weighted by Gasteiger charge is -2.42. The molecule has 0 spiro atoms. The van der Waals surface area contributed by atoms with Crippen molar-refractivity contribution >= 4 is 17.4 Å². The third-order valence-electron chi connectivity index (χ3n) is 5.95. The molecule has 0 amide bonds. The Labute approximate surface area is 140 Å². The van der Waals surface area contributed by atoms with E-state index in [2.05, 4.69) is 10.2 Å². The van der Waals surface area contributed by atoms with Gasteiger partial charge in [-0.05, 0) is 64.5 Å². The minimum Gasteiger partial charge on any atom is -0.312 e. The minimum atomic E-state index is 0.275. The summed E-state index contributed by atoms with van der Waals surface area (Å²) in [5.74, 6) is 0.753. The number of Topliss-reactive ketones (excluding diaryl/α,β-unsaturated/α-hetero) is 1. The van der Waals surface area contributed by atoms with Gasteiger partial charge in [-0.2, -0.15) is 0 Å². The van der Waals surface area contributed by atoms with Gasteiger partial charge in [-0.3, -0.25) is 9.69 Å². The number of piperidine rings is 2. The fourth-order valence-corrected chi connectivity index (χ4v) is 4.83. The van der Waals surface area contributed by atoms with Crippen LogP contribution < -0.4 is 5.32 Å². The predicted molar refractivity (Wildman–Crippen MR) is 91.5 cm³/mol. The smallest absolute Gasteiger partial charge is 0.149 e. The molecule has 126 valence electrons. The Hall–Kier alpha value is -0.120. The van der Waals surface area contributed by atoms with Crippen molar-refractivity contribution in [1.29, 1.82) is 0 Å². The van der Waals surface area contributed by atoms with Crippen molar-refractivity contribution in [2.24, 2.45) is 5.92 Å². The summed E-state index contributed by atoms with van der Waals surface area (Å²) in [6.07, 6.45) is 11.8. The van der Waals surface area contributed by atoms with Gasteiger partial charge in [0.05, 0.1) is 6.54 Å². The number of rotatable bonds is 4. The molecule has 4 heteroatoms. The topological polar surface area (TPSA) is 32.3 Å². The van der Waals surface area contributed by atoms with E-state index in [4.69, 9.17) is 11.6 Å². The number of carbonyl (C=O) groups excluding carboxylic acids is 1. The number of likely N-dealkylation sites (tertiary alicyclic amines) is 1. The lowest BCUT2D eigenvalue weighted by Crippen LogP contribution is -2.55. The van der Waals surface area contributed by atoms with Gasteiger partial charge in [-0.1, -0.05) is 12.8 Å². The summed E-state index contributed by atoms with van der Waals surface area (Å²) in [7, 11) is 0. The van der Waals surface area contributed by atoms with Gasteiger partial charge in [0.15, 0.2) is 0 Å². The van der Waals surface area contributed by atoms with Gasteiger partial charge < -0.3 is 5.32 Å². The number of nitrogens with zero attached hydrogens (tertiary/aromatic N) is 1. The number of halogens is 1. The van der Waals surface area contributed by atoms with E-state index in [1.54, 1.807) is 0 Å². The van der Waals surface area contributed by atoms with Crippen LogP contribution in [0.3, 0.4) is 0 Å². The fourth-order valence-electron chi connectivity index (χ4n) is 4.58. The summed E-state index contributed by atoms with van der Waals surface area (Å²) in [6, 6.07) is 1.20. The first-order chi connectivity index (χ1) is 10.7. The third kappa shape index (κ3) is 4.24. The molecule has 2 atom stereocenters. The van der Waals surface area contributed by atoms with Crippen LogP contribution in [0.2, 0.25) is 0 Å². The molecule has 0 bridgehead atoms. The van der Waals surface area contributed by atoms with Gasteiger partial charge >= 0.3 is 0 Å². The molecule has 22 heavy (non-hydrogen) atoms. The minimum absolute atomic E-state index is 0.275. The summed E-state index contributed by atoms with van der Waals surface area (Å²) in [5, 5.41) is 4.01. The van der Waals surface area contributed by atoms with Gasteiger partial charge in [0, 0.05) is 23.4 Å². The second-order valence-corrected chi connectivity index (χ2v) is 8.12. The highest BCUT2D eigenvalue weighted by Gasteiger charge is 2.33. The Balaban J connectivity index is 1.55. The molecule has 1 saturated carbocycles. The molecule has 1 aliphatic carbocycles. The van der Waals surface area contributed by atoms with Crippen LogP contribution in [0.5, 0.6) is 0 Å². The number of nitrogens with one attached hydrogen (secondary N) is 1. The van der Waals surface area contributed by atoms with Crippen molar-refractivity contribution in [3.8, 4) is 0 Å². The van der Waals surface area contributed by atoms with Gasteiger partial charge in [-0.15, -0.1) is 11.6 Å². The van der Waals surface area contributed by atoms with E-state index in [-0.39, 0.29) is 5.92 Å². The molecule has 3 fully saturated rings. The molecule has 0 radical (unpaired) electrons. The average Bonchev–Trinajstić information content (AvgIpc) is 2.57. The monoisotopic (exact) mass is 326 g/mol. The third-order valence-corrected chi connectivity index (χ3v) is 6.38. The van der Waals surface area contributed by atoms with E-state index in [9.17, 15) is 4.79 Å². The molecule has 1 N–H and O–H groups in total. The van der Waals surface area contributed by atoms with Crippen molar-refractivity contribution < 1.29 is 4.79 Å². The molecule has 2 aliphatic heterocycles. The van der Waals surface area contributed by atoms with Crippen molar-refractivity contribution in [3.05, 3.63) is 0 Å². The summed E-state index contributed by atoms with van der Waals surface area (Å²) in [6.45, 7) is 2.95. The first-order valence-electron chi connectivity index (χ1n) is 9.38. The van der Waals surface area contributed by atoms with Crippen molar-refractivity contribution in [2.45, 2.75) is 81.7 Å². The Bertz CT molecular complexity index is 362. The van der Waals surface area contributed by atoms with Gasteiger partial charge in [0.1, 0.15) is 5.78 Å². The number of hydrogen-bond acceptors (Lipinski definition) is 3. The maximum Gasteiger partial charge on any atom is 0.149 e. The zero-order chi connectivity index (χ0) is 15.4. The van der Waals surface area contributed by atoms with Crippen LogP contribution >= 0.6 is 11.6 Å². The molecule has 0 aromatic carbocycles. The molecular formula is C18H31ClN2O. The SMILES string of the molecule is O=C(CN1CCCCC1C1CCCCN1)C1CCC(Cl)CC1. The molecular weight excluding hydrogens is 296 g/mol. The maximum absolute atomic E-state index is 12.7. The number of carbonyl (C=O) groups is 1. The quantitative estimate of drug-likeness (QED) is 0.804. The Morgan fingerprint density at radius 1 is 1.00 bits per heavy atom. The van der Waals surface area contributed by atoms with Crippen molar-refractivity contribution in [2.75, 3.05) is 19.6 Å². The summed E-state index contributed by atoms with van der Waals surface area (Å²) >= 11 is 6.17. The van der Waals surface area contributed by atoms with Crippen molar-refractivity contribution in [3.63, 3.8) is 0 Å². The Morgan fingerprint density at radius 2 is 1.77 bits per heavy atom. The molecule has 2 unspecified atom stereocenters. The number of alkyl halides is 1. The van der Waals surface area contributed by atoms with Gasteiger partial charge in [0.25, 0.3) is 0 Å². The largest absolute Gasteiger partial charge is 0.312 e. The molecule has 0 aromatic rings. The summed E-state index contributed by atoms with van der Waals surface area (Å²) in [4.78, 5) is 15.2. The molecule has 2 saturated heterocycles. The average molecular weight is 327 g/mol. The Morgan fingerprint density at radius 3 is 2.50 bits per heavy atom. The highest BCUT2D eigenvalue weighted by atomic mass is 35.5. The predicted octanol–water partition coefficient (Wildman–Crippen LogP) is 3.35. The van der Waals surface area contributed by atoms with Crippen molar-refractivity contribution in [1.82, 2.24) is 10.2 Å². The van der Waals surface area contributed by atoms with E-state index >= 15 is 0 Å². The van der Waals surface area contributed by atoms with E-state index in [0.29, 0.717) is 29.8 Å². The second kappa shape index (κ2) is 8.12. The van der Waals surface area contributed by atoms with E-state index in [1.165, 1.54) is 38.5 Å². The van der Waals surface area contributed by atoms with Gasteiger partial charge in [0.2, 0.25) is 0 Å². The summed E-state index contributed by atoms with van der Waals surface area (Å²) in [5.41, 5.74) is 0. The summed E-state index contributed by atoms with van der Waals surface area (Å²) < 4.78 is 0. The highest BCUT2D eigenvalue weighted by molar-refractivity contribution is 6.20. The van der Waals surface area contributed by atoms with Gasteiger partial charge in [-0.25, -0.2) is 0 Å². The second-order valence-electron chi connectivity index (χ2n) is 7.51. The van der Waals surface area contributed by atoms with Crippen LogP contribution in [0.4, 0.5) is 0 Å². The zero-order valence-corrected chi connectivity index (χ0v) is 14.5. The molecule has 3 rings (SSSR count). The lowest BCUT2D eigenvalue weighted by molar-refractivity contribution is -0.126. The number of hydrogen-bond donors (Lipinski definition) is 1. The molecule has 3 aliphatic rings. The highest BCUT2D eigenvalue weighted by Crippen LogP contribution is 2.30. The first-order valence-corrected chi connectivity index (χ1v) is 9.82. The normalized spacial score (nSPS) is 37.9. The van der Waals surface area contributed by atoms with Crippen LogP contribution in [0.15, 0.2) is 0 Å². The van der Waals surface area contributed by atoms with Crippen LogP contribution in [0.1, 0.15) is 64.2 Å². The van der Waals surface area contributed by atoms with E-state index in [0.717, 1.165) is 38.8 Å². The van der Waals surface area contributed by atoms with Crippen LogP contribution in [0.25, 0.3) is 0 Å². The molecule has 3 nitrogen and oxygen atoms in total. The van der Waals surface area contributed by atoms with Crippen LogP contribution in [-0.2, 0) is 4.79 Å². The van der Waals surface area contributed by atoms with E-state index in [1.807, 2.05) is 0 Å². The van der Waals surface area contributed by atoms with Crippen LogP contribution in [-0.4, -0.2) is 47.8 Å². The molecule has 2 heterocycles. The fraction of sp³-hybridized carbons (Fsp3) is 0.944. The number of ketones is 1. The maximum atomic E-state index is 12.7. The Kier molecular flexibility index (Phi) is 6.17. The standard InChI is InChI=1S/C18H31ClN2O/c19-15-9-7-14(8-10-15)18(22)13-21-12-4-2-6-17(21)16-5-1-3-11-20-16/h14-17,20H,1-13H2. The molecule has 0 aromatic heterocycles. The first kappa shape index (κ1) is 16.7. The zero-order valence-electron chi connectivity index (χ0n) is 13.7.